The number of methoxy groups -OCH3 is 1. The van der Waals surface area contributed by atoms with E-state index in [4.69, 9.17) is 9.47 Å². The number of hydrogen-bond acceptors (Lipinski definition) is 3. The molecule has 88 valence electrons. The van der Waals surface area contributed by atoms with Crippen molar-refractivity contribution in [2.75, 3.05) is 26.9 Å². The monoisotopic (exact) mass is 229 g/mol. The molecule has 0 saturated carbocycles. The Morgan fingerprint density at radius 1 is 1.44 bits per heavy atom. The van der Waals surface area contributed by atoms with E-state index in [1.54, 1.807) is 0 Å². The molecular formula is C11H13F2NO2. The van der Waals surface area contributed by atoms with Crippen molar-refractivity contribution in [3.63, 3.8) is 0 Å². The zero-order valence-electron chi connectivity index (χ0n) is 8.93. The molecule has 5 heteroatoms. The highest BCUT2D eigenvalue weighted by Gasteiger charge is 2.24. The van der Waals surface area contributed by atoms with E-state index in [1.165, 1.54) is 19.2 Å². The fourth-order valence-corrected chi connectivity index (χ4v) is 1.78. The van der Waals surface area contributed by atoms with Gasteiger partial charge in [0.1, 0.15) is 5.82 Å². The fourth-order valence-electron chi connectivity index (χ4n) is 1.78. The van der Waals surface area contributed by atoms with Crippen molar-refractivity contribution in [2.45, 2.75) is 6.04 Å². The molecule has 0 aromatic heterocycles. The Hall–Kier alpha value is -1.20. The van der Waals surface area contributed by atoms with E-state index in [2.05, 4.69) is 5.32 Å². The second-order valence-corrected chi connectivity index (χ2v) is 3.56. The number of morpholine rings is 1. The van der Waals surface area contributed by atoms with Gasteiger partial charge in [-0.25, -0.2) is 8.78 Å². The maximum absolute atomic E-state index is 13.9. The molecule has 1 N–H and O–H groups in total. The molecule has 0 radical (unpaired) electrons. The fraction of sp³-hybridized carbons (Fsp3) is 0.455. The predicted molar refractivity (Wildman–Crippen MR) is 54.5 cm³/mol. The van der Waals surface area contributed by atoms with Crippen molar-refractivity contribution >= 4 is 0 Å². The van der Waals surface area contributed by atoms with Crippen LogP contribution in [0.4, 0.5) is 8.78 Å². The van der Waals surface area contributed by atoms with Gasteiger partial charge >= 0.3 is 0 Å². The van der Waals surface area contributed by atoms with Crippen molar-refractivity contribution in [3.8, 4) is 5.75 Å². The molecule has 1 aromatic rings. The van der Waals surface area contributed by atoms with Crippen LogP contribution >= 0.6 is 0 Å². The molecule has 0 unspecified atom stereocenters. The van der Waals surface area contributed by atoms with Crippen LogP contribution in [-0.2, 0) is 4.74 Å². The largest absolute Gasteiger partial charge is 0.494 e. The minimum atomic E-state index is -0.662. The molecular weight excluding hydrogens is 216 g/mol. The number of hydrogen-bond donors (Lipinski definition) is 1. The standard InChI is InChI=1S/C11H13F2NO2/c1-15-9-3-2-7(12)10(11(9)13)8-6-16-5-4-14-8/h2-3,8,14H,4-6H2,1H3/t8-/m1/s1. The SMILES string of the molecule is COc1ccc(F)c([C@H]2COCCN2)c1F. The lowest BCUT2D eigenvalue weighted by Gasteiger charge is -2.25. The van der Waals surface area contributed by atoms with E-state index in [1.807, 2.05) is 0 Å². The molecule has 1 atom stereocenters. The van der Waals surface area contributed by atoms with E-state index < -0.39 is 17.7 Å². The molecule has 3 nitrogen and oxygen atoms in total. The number of benzene rings is 1. The molecule has 0 spiro atoms. The second-order valence-electron chi connectivity index (χ2n) is 3.56. The van der Waals surface area contributed by atoms with Gasteiger partial charge in [0.05, 0.1) is 26.4 Å². The van der Waals surface area contributed by atoms with Crippen LogP contribution in [0.15, 0.2) is 12.1 Å². The van der Waals surface area contributed by atoms with E-state index in [0.29, 0.717) is 13.2 Å². The van der Waals surface area contributed by atoms with Crippen LogP contribution in [0, 0.1) is 11.6 Å². The zero-order valence-corrected chi connectivity index (χ0v) is 8.93. The quantitative estimate of drug-likeness (QED) is 0.836. The lowest BCUT2D eigenvalue weighted by molar-refractivity contribution is 0.0743. The first-order valence-corrected chi connectivity index (χ1v) is 5.07. The molecule has 1 heterocycles. The summed E-state index contributed by atoms with van der Waals surface area (Å²) in [6, 6.07) is 2.02. The van der Waals surface area contributed by atoms with Crippen molar-refractivity contribution in [1.29, 1.82) is 0 Å². The highest BCUT2D eigenvalue weighted by molar-refractivity contribution is 5.34. The first-order valence-electron chi connectivity index (χ1n) is 5.07. The van der Waals surface area contributed by atoms with Gasteiger partial charge < -0.3 is 14.8 Å². The molecule has 1 fully saturated rings. The van der Waals surface area contributed by atoms with Crippen molar-refractivity contribution in [2.24, 2.45) is 0 Å². The Morgan fingerprint density at radius 3 is 2.88 bits per heavy atom. The Kier molecular flexibility index (Phi) is 3.36. The van der Waals surface area contributed by atoms with Gasteiger partial charge in [-0.1, -0.05) is 0 Å². The third kappa shape index (κ3) is 2.01. The summed E-state index contributed by atoms with van der Waals surface area (Å²) in [5.41, 5.74) is -0.0148. The number of halogens is 2. The maximum Gasteiger partial charge on any atom is 0.172 e. The molecule has 16 heavy (non-hydrogen) atoms. The summed E-state index contributed by atoms with van der Waals surface area (Å²) < 4.78 is 37.4. The number of ether oxygens (including phenoxy) is 2. The van der Waals surface area contributed by atoms with E-state index in [9.17, 15) is 8.78 Å². The Bertz CT molecular complexity index is 378. The average Bonchev–Trinajstić information content (AvgIpc) is 2.31. The zero-order chi connectivity index (χ0) is 11.5. The Morgan fingerprint density at radius 2 is 2.25 bits per heavy atom. The second kappa shape index (κ2) is 4.76. The van der Waals surface area contributed by atoms with Crippen LogP contribution < -0.4 is 10.1 Å². The summed E-state index contributed by atoms with van der Waals surface area (Å²) >= 11 is 0. The lowest BCUT2D eigenvalue weighted by atomic mass is 10.0. The van der Waals surface area contributed by atoms with Crippen LogP contribution in [0.5, 0.6) is 5.75 Å². The smallest absolute Gasteiger partial charge is 0.172 e. The van der Waals surface area contributed by atoms with Gasteiger partial charge in [-0.3, -0.25) is 0 Å². The molecule has 0 aliphatic carbocycles. The summed E-state index contributed by atoms with van der Waals surface area (Å²) in [4.78, 5) is 0. The molecule has 1 aliphatic heterocycles. The number of rotatable bonds is 2. The minimum Gasteiger partial charge on any atom is -0.494 e. The van der Waals surface area contributed by atoms with Crippen LogP contribution in [0.2, 0.25) is 0 Å². The van der Waals surface area contributed by atoms with Gasteiger partial charge in [-0.05, 0) is 12.1 Å². The van der Waals surface area contributed by atoms with Crippen molar-refractivity contribution < 1.29 is 18.3 Å². The van der Waals surface area contributed by atoms with Gasteiger partial charge in [-0.15, -0.1) is 0 Å². The van der Waals surface area contributed by atoms with E-state index in [0.717, 1.165) is 0 Å². The molecule has 1 saturated heterocycles. The third-order valence-electron chi connectivity index (χ3n) is 2.58. The summed E-state index contributed by atoms with van der Waals surface area (Å²) in [6.45, 7) is 1.41. The normalized spacial score (nSPS) is 20.8. The molecule has 1 aliphatic rings. The van der Waals surface area contributed by atoms with Crippen molar-refractivity contribution in [1.82, 2.24) is 5.32 Å². The van der Waals surface area contributed by atoms with Gasteiger partial charge in [0.15, 0.2) is 11.6 Å². The molecule has 2 rings (SSSR count). The highest BCUT2D eigenvalue weighted by atomic mass is 19.1. The van der Waals surface area contributed by atoms with Crippen LogP contribution in [0.1, 0.15) is 11.6 Å². The van der Waals surface area contributed by atoms with Gasteiger partial charge in [0.25, 0.3) is 0 Å². The Labute approximate surface area is 92.4 Å². The Balaban J connectivity index is 2.37. The first-order chi connectivity index (χ1) is 7.74. The van der Waals surface area contributed by atoms with Crippen molar-refractivity contribution in [3.05, 3.63) is 29.3 Å². The maximum atomic E-state index is 13.9. The first kappa shape index (κ1) is 11.3. The number of nitrogens with one attached hydrogen (secondary N) is 1. The highest BCUT2D eigenvalue weighted by Crippen LogP contribution is 2.28. The average molecular weight is 229 g/mol. The summed E-state index contributed by atoms with van der Waals surface area (Å²) in [5, 5.41) is 3.01. The van der Waals surface area contributed by atoms with Crippen LogP contribution in [-0.4, -0.2) is 26.9 Å². The molecule has 0 bridgehead atoms. The summed E-state index contributed by atoms with van der Waals surface area (Å²) in [7, 11) is 1.35. The van der Waals surface area contributed by atoms with Crippen LogP contribution in [0.25, 0.3) is 0 Å². The minimum absolute atomic E-state index is 0.0148. The molecule has 0 amide bonds. The molecule has 1 aromatic carbocycles. The van der Waals surface area contributed by atoms with Gasteiger partial charge in [0.2, 0.25) is 0 Å². The van der Waals surface area contributed by atoms with Gasteiger partial charge in [-0.2, -0.15) is 0 Å². The predicted octanol–water partition coefficient (Wildman–Crippen LogP) is 1.63. The van der Waals surface area contributed by atoms with Gasteiger partial charge in [0, 0.05) is 12.1 Å². The van der Waals surface area contributed by atoms with Crippen LogP contribution in [0.3, 0.4) is 0 Å². The summed E-state index contributed by atoms with van der Waals surface area (Å²) in [6.07, 6.45) is 0. The van der Waals surface area contributed by atoms with E-state index >= 15 is 0 Å². The third-order valence-corrected chi connectivity index (χ3v) is 2.58. The lowest BCUT2D eigenvalue weighted by Crippen LogP contribution is -2.35. The topological polar surface area (TPSA) is 30.5 Å². The van der Waals surface area contributed by atoms with E-state index in [-0.39, 0.29) is 17.9 Å². The summed E-state index contributed by atoms with van der Waals surface area (Å²) in [5.74, 6) is -1.20.